The van der Waals surface area contributed by atoms with Crippen LogP contribution in [0.5, 0.6) is 0 Å². The first-order valence-electron chi connectivity index (χ1n) is 5.27. The number of carbonyl (C=O) groups excluding carboxylic acids is 1. The molecule has 0 saturated heterocycles. The number of carbonyl (C=O) groups is 1. The summed E-state index contributed by atoms with van der Waals surface area (Å²) in [6, 6.07) is 1.99. The molecule has 0 unspecified atom stereocenters. The van der Waals surface area contributed by atoms with Crippen LogP contribution in [0.3, 0.4) is 0 Å². The Kier molecular flexibility index (Phi) is 3.38. The summed E-state index contributed by atoms with van der Waals surface area (Å²) in [7, 11) is 0. The molecule has 2 aromatic heterocycles. The molecule has 0 amide bonds. The van der Waals surface area contributed by atoms with Crippen LogP contribution >= 0.6 is 12.2 Å². The largest absolute Gasteiger partial charge is 0.376 e. The highest BCUT2D eigenvalue weighted by Crippen LogP contribution is 2.19. The smallest absolute Gasteiger partial charge is 0.168 e. The van der Waals surface area contributed by atoms with Gasteiger partial charge in [0.05, 0.1) is 5.70 Å². The lowest BCUT2D eigenvalue weighted by Gasteiger charge is -2.01. The number of H-pyrrole nitrogens is 1. The Morgan fingerprint density at radius 1 is 1.61 bits per heavy atom. The molecule has 0 aliphatic rings. The third kappa shape index (κ3) is 2.54. The van der Waals surface area contributed by atoms with E-state index in [4.69, 9.17) is 18.0 Å². The number of aryl methyl sites for hydroxylation is 1. The van der Waals surface area contributed by atoms with Gasteiger partial charge >= 0.3 is 0 Å². The van der Waals surface area contributed by atoms with E-state index in [0.29, 0.717) is 12.0 Å². The van der Waals surface area contributed by atoms with E-state index in [1.54, 1.807) is 18.5 Å². The van der Waals surface area contributed by atoms with Gasteiger partial charge in [0.1, 0.15) is 5.65 Å². The average Bonchev–Trinajstić information content (AvgIpc) is 2.70. The van der Waals surface area contributed by atoms with Gasteiger partial charge in [0.25, 0.3) is 0 Å². The Morgan fingerprint density at radius 2 is 2.39 bits per heavy atom. The van der Waals surface area contributed by atoms with Crippen LogP contribution in [0.15, 0.2) is 24.2 Å². The maximum atomic E-state index is 10.9. The molecule has 2 heterocycles. The molecule has 2 rings (SSSR count). The number of hydrogen-bond donors (Lipinski definition) is 3. The molecule has 6 heteroatoms. The van der Waals surface area contributed by atoms with Crippen LogP contribution < -0.4 is 11.1 Å². The number of nitrogens with one attached hydrogen (secondary N) is 2. The molecule has 2 aromatic rings. The van der Waals surface area contributed by atoms with E-state index in [1.165, 1.54) is 0 Å². The van der Waals surface area contributed by atoms with Gasteiger partial charge in [0.2, 0.25) is 0 Å². The Morgan fingerprint density at radius 3 is 3.06 bits per heavy atom. The van der Waals surface area contributed by atoms with Crippen LogP contribution in [-0.4, -0.2) is 21.4 Å². The fraction of sp³-hybridized carbons (Fsp3) is 0.0833. The lowest BCUT2D eigenvalue weighted by molar-refractivity contribution is -0.105. The first-order valence-corrected chi connectivity index (χ1v) is 5.68. The lowest BCUT2D eigenvalue weighted by Crippen LogP contribution is -2.28. The molecule has 0 bridgehead atoms. The summed E-state index contributed by atoms with van der Waals surface area (Å²) in [5.74, 6) is 0. The minimum absolute atomic E-state index is 0.0579. The predicted octanol–water partition coefficient (Wildman–Crippen LogP) is 1.24. The maximum absolute atomic E-state index is 10.9. The minimum atomic E-state index is 0.0579. The number of aldehydes is 1. The van der Waals surface area contributed by atoms with E-state index >= 15 is 0 Å². The first kappa shape index (κ1) is 12.3. The van der Waals surface area contributed by atoms with Gasteiger partial charge in [0, 0.05) is 23.3 Å². The Hall–Kier alpha value is -2.21. The number of nitrogens with two attached hydrogens (primary N) is 1. The second-order valence-corrected chi connectivity index (χ2v) is 4.30. The number of nitrogens with zero attached hydrogens (tertiary/aromatic N) is 1. The van der Waals surface area contributed by atoms with Crippen molar-refractivity contribution >= 4 is 40.7 Å². The molecule has 0 saturated carbocycles. The van der Waals surface area contributed by atoms with Crippen LogP contribution in [-0.2, 0) is 4.79 Å². The standard InChI is InChI=1S/C12H12N4OS/c1-7-2-10-8(5-15-11(10)14-4-7)3-9(6-17)16-12(13)18/h2-6H,1H3,(H,14,15)(H3,13,16,18)/b9-3-. The Balaban J connectivity index is 2.47. The van der Waals surface area contributed by atoms with E-state index in [-0.39, 0.29) is 5.11 Å². The number of pyridine rings is 1. The molecule has 0 atom stereocenters. The lowest BCUT2D eigenvalue weighted by atomic mass is 10.1. The number of aromatic amines is 1. The molecule has 0 aromatic carbocycles. The second-order valence-electron chi connectivity index (χ2n) is 3.86. The van der Waals surface area contributed by atoms with E-state index in [2.05, 4.69) is 15.3 Å². The molecule has 0 radical (unpaired) electrons. The van der Waals surface area contributed by atoms with Gasteiger partial charge in [-0.05, 0) is 36.8 Å². The molecule has 4 N–H and O–H groups in total. The van der Waals surface area contributed by atoms with Crippen LogP contribution in [0, 0.1) is 6.92 Å². The van der Waals surface area contributed by atoms with Crippen molar-refractivity contribution in [1.29, 1.82) is 0 Å². The van der Waals surface area contributed by atoms with Gasteiger partial charge in [-0.1, -0.05) is 0 Å². The topological polar surface area (TPSA) is 83.8 Å². The molecule has 0 aliphatic carbocycles. The van der Waals surface area contributed by atoms with Crippen molar-refractivity contribution in [2.75, 3.05) is 0 Å². The highest BCUT2D eigenvalue weighted by atomic mass is 32.1. The number of aromatic nitrogens is 2. The van der Waals surface area contributed by atoms with Crippen LogP contribution in [0.25, 0.3) is 17.1 Å². The number of rotatable bonds is 3. The van der Waals surface area contributed by atoms with Gasteiger partial charge in [-0.2, -0.15) is 0 Å². The molecular formula is C12H12N4OS. The zero-order valence-corrected chi connectivity index (χ0v) is 10.5. The van der Waals surface area contributed by atoms with Crippen molar-refractivity contribution in [3.63, 3.8) is 0 Å². The molecular weight excluding hydrogens is 248 g/mol. The molecule has 0 fully saturated rings. The average molecular weight is 260 g/mol. The molecule has 92 valence electrons. The Bertz CT molecular complexity index is 645. The number of fused-ring (bicyclic) bond motifs is 1. The normalized spacial score (nSPS) is 11.5. The summed E-state index contributed by atoms with van der Waals surface area (Å²) in [6.45, 7) is 1.96. The van der Waals surface area contributed by atoms with Gasteiger partial charge in [-0.15, -0.1) is 0 Å². The highest BCUT2D eigenvalue weighted by Gasteiger charge is 2.04. The van der Waals surface area contributed by atoms with E-state index in [1.807, 2.05) is 13.0 Å². The zero-order valence-electron chi connectivity index (χ0n) is 9.73. The highest BCUT2D eigenvalue weighted by molar-refractivity contribution is 7.80. The van der Waals surface area contributed by atoms with Crippen LogP contribution in [0.1, 0.15) is 11.1 Å². The summed E-state index contributed by atoms with van der Waals surface area (Å²) >= 11 is 4.70. The van der Waals surface area contributed by atoms with Gasteiger partial charge in [-0.25, -0.2) is 4.98 Å². The SMILES string of the molecule is Cc1cnc2[nH]cc(/C=C(/C=O)NC(N)=S)c2c1. The van der Waals surface area contributed by atoms with E-state index in [9.17, 15) is 4.79 Å². The first-order chi connectivity index (χ1) is 8.60. The second kappa shape index (κ2) is 4.97. The van der Waals surface area contributed by atoms with Crippen molar-refractivity contribution in [1.82, 2.24) is 15.3 Å². The van der Waals surface area contributed by atoms with Crippen molar-refractivity contribution in [3.8, 4) is 0 Å². The van der Waals surface area contributed by atoms with Crippen molar-refractivity contribution in [2.45, 2.75) is 6.92 Å². The van der Waals surface area contributed by atoms with Crippen LogP contribution in [0.4, 0.5) is 0 Å². The van der Waals surface area contributed by atoms with Crippen molar-refractivity contribution in [2.24, 2.45) is 5.73 Å². The molecule has 18 heavy (non-hydrogen) atoms. The molecule has 5 nitrogen and oxygen atoms in total. The molecule has 0 aliphatic heterocycles. The van der Waals surface area contributed by atoms with Gasteiger partial charge < -0.3 is 16.0 Å². The summed E-state index contributed by atoms with van der Waals surface area (Å²) in [5.41, 5.74) is 8.32. The molecule has 0 spiro atoms. The fourth-order valence-corrected chi connectivity index (χ4v) is 1.77. The monoisotopic (exact) mass is 260 g/mol. The quantitative estimate of drug-likeness (QED) is 0.439. The maximum Gasteiger partial charge on any atom is 0.168 e. The zero-order chi connectivity index (χ0) is 13.1. The number of allylic oxidation sites excluding steroid dienone is 1. The Labute approximate surface area is 109 Å². The third-order valence-electron chi connectivity index (χ3n) is 2.41. The fourth-order valence-electron chi connectivity index (χ4n) is 1.66. The summed E-state index contributed by atoms with van der Waals surface area (Å²) in [4.78, 5) is 18.2. The van der Waals surface area contributed by atoms with Gasteiger partial charge in [0.15, 0.2) is 11.4 Å². The predicted molar refractivity (Wildman–Crippen MR) is 74.8 cm³/mol. The number of hydrogen-bond acceptors (Lipinski definition) is 3. The van der Waals surface area contributed by atoms with E-state index in [0.717, 1.165) is 22.2 Å². The van der Waals surface area contributed by atoms with Crippen LogP contribution in [0.2, 0.25) is 0 Å². The van der Waals surface area contributed by atoms with Crippen molar-refractivity contribution < 1.29 is 4.79 Å². The van der Waals surface area contributed by atoms with Gasteiger partial charge in [-0.3, -0.25) is 4.79 Å². The van der Waals surface area contributed by atoms with Crippen molar-refractivity contribution in [3.05, 3.63) is 35.3 Å². The number of thiocarbonyl (C=S) groups is 1. The third-order valence-corrected chi connectivity index (χ3v) is 2.51. The minimum Gasteiger partial charge on any atom is -0.376 e. The van der Waals surface area contributed by atoms with E-state index < -0.39 is 0 Å². The summed E-state index contributed by atoms with van der Waals surface area (Å²) in [5, 5.41) is 3.62. The summed E-state index contributed by atoms with van der Waals surface area (Å²) < 4.78 is 0. The summed E-state index contributed by atoms with van der Waals surface area (Å²) in [6.07, 6.45) is 5.90.